The lowest BCUT2D eigenvalue weighted by atomic mass is 10.2. The van der Waals surface area contributed by atoms with E-state index < -0.39 is 10.0 Å². The summed E-state index contributed by atoms with van der Waals surface area (Å²) in [6.45, 7) is 12.3. The molecule has 6 heteroatoms. The highest BCUT2D eigenvalue weighted by Crippen LogP contribution is 2.16. The van der Waals surface area contributed by atoms with Gasteiger partial charge < -0.3 is 4.74 Å². The molecule has 0 saturated heterocycles. The maximum absolute atomic E-state index is 12.4. The fourth-order valence-electron chi connectivity index (χ4n) is 2.55. The van der Waals surface area contributed by atoms with Crippen LogP contribution in [0.1, 0.15) is 47.5 Å². The lowest BCUT2D eigenvalue weighted by molar-refractivity contribution is 0.179. The molecule has 0 unspecified atom stereocenters. The first-order valence-corrected chi connectivity index (χ1v) is 10.2. The van der Waals surface area contributed by atoms with Crippen molar-refractivity contribution in [3.8, 4) is 5.75 Å². The summed E-state index contributed by atoms with van der Waals surface area (Å²) in [7, 11) is -3.48. The molecular weight excluding hydrogens is 324 g/mol. The van der Waals surface area contributed by atoms with E-state index in [0.717, 1.165) is 12.8 Å². The van der Waals surface area contributed by atoms with Crippen LogP contribution in [-0.4, -0.2) is 45.1 Å². The van der Waals surface area contributed by atoms with Gasteiger partial charge in [0.2, 0.25) is 10.0 Å². The molecule has 0 atom stereocenters. The minimum atomic E-state index is -3.48. The molecule has 0 spiro atoms. The van der Waals surface area contributed by atoms with Gasteiger partial charge in [0.05, 0.1) is 11.5 Å². The Hall–Kier alpha value is -1.11. The topological polar surface area (TPSA) is 58.6 Å². The van der Waals surface area contributed by atoms with Crippen molar-refractivity contribution in [3.05, 3.63) is 24.3 Å². The molecule has 1 rings (SSSR count). The Kier molecular flexibility index (Phi) is 8.73. The standard InChI is InChI=1S/C18H32N2O3S/c1-6-7-14-23-17-8-10-18(11-9-17)24(21,22)19-12-13-20(15(2)3)16(4)5/h8-11,15-16,19H,6-7,12-14H2,1-5H3. The second kappa shape index (κ2) is 10.0. The van der Waals surface area contributed by atoms with E-state index in [2.05, 4.69) is 44.2 Å². The summed E-state index contributed by atoms with van der Waals surface area (Å²) in [5.74, 6) is 0.702. The van der Waals surface area contributed by atoms with Crippen LogP contribution in [0, 0.1) is 0 Å². The summed E-state index contributed by atoms with van der Waals surface area (Å²) in [5.41, 5.74) is 0. The predicted octanol–water partition coefficient (Wildman–Crippen LogP) is 3.26. The molecule has 0 heterocycles. The van der Waals surface area contributed by atoms with Gasteiger partial charge in [-0.25, -0.2) is 13.1 Å². The van der Waals surface area contributed by atoms with Crippen molar-refractivity contribution in [3.63, 3.8) is 0 Å². The largest absolute Gasteiger partial charge is 0.494 e. The predicted molar refractivity (Wildman–Crippen MR) is 99.0 cm³/mol. The maximum Gasteiger partial charge on any atom is 0.240 e. The first-order chi connectivity index (χ1) is 11.3. The molecule has 0 aromatic heterocycles. The lowest BCUT2D eigenvalue weighted by Crippen LogP contribution is -2.42. The highest BCUT2D eigenvalue weighted by molar-refractivity contribution is 7.89. The third-order valence-electron chi connectivity index (χ3n) is 3.89. The molecule has 5 nitrogen and oxygen atoms in total. The molecule has 0 amide bonds. The Morgan fingerprint density at radius 3 is 2.17 bits per heavy atom. The van der Waals surface area contributed by atoms with Crippen LogP contribution in [0.2, 0.25) is 0 Å². The van der Waals surface area contributed by atoms with E-state index in [0.29, 0.717) is 37.5 Å². The first-order valence-electron chi connectivity index (χ1n) is 8.76. The monoisotopic (exact) mass is 356 g/mol. The number of rotatable bonds is 11. The van der Waals surface area contributed by atoms with Crippen molar-refractivity contribution in [2.75, 3.05) is 19.7 Å². The van der Waals surface area contributed by atoms with Crippen molar-refractivity contribution in [2.24, 2.45) is 0 Å². The molecule has 0 fully saturated rings. The Balaban J connectivity index is 2.58. The van der Waals surface area contributed by atoms with Crippen molar-refractivity contribution in [2.45, 2.75) is 64.4 Å². The SMILES string of the molecule is CCCCOc1ccc(S(=O)(=O)NCCN(C(C)C)C(C)C)cc1. The second-order valence-corrected chi connectivity index (χ2v) is 8.26. The molecule has 0 aliphatic rings. The van der Waals surface area contributed by atoms with Crippen LogP contribution in [0.3, 0.4) is 0 Å². The van der Waals surface area contributed by atoms with E-state index >= 15 is 0 Å². The zero-order chi connectivity index (χ0) is 18.2. The summed E-state index contributed by atoms with van der Waals surface area (Å²) in [4.78, 5) is 2.53. The number of hydrogen-bond donors (Lipinski definition) is 1. The van der Waals surface area contributed by atoms with E-state index in [-0.39, 0.29) is 4.90 Å². The molecule has 1 aromatic carbocycles. The quantitative estimate of drug-likeness (QED) is 0.618. The number of unbranched alkanes of at least 4 members (excludes halogenated alkanes) is 1. The van der Waals surface area contributed by atoms with Crippen molar-refractivity contribution in [1.82, 2.24) is 9.62 Å². The molecule has 0 bridgehead atoms. The van der Waals surface area contributed by atoms with E-state index in [9.17, 15) is 8.42 Å². The third-order valence-corrected chi connectivity index (χ3v) is 5.37. The fourth-order valence-corrected chi connectivity index (χ4v) is 3.58. The van der Waals surface area contributed by atoms with E-state index in [1.165, 1.54) is 0 Å². The fraction of sp³-hybridized carbons (Fsp3) is 0.667. The minimum absolute atomic E-state index is 0.269. The van der Waals surface area contributed by atoms with Crippen LogP contribution in [0.4, 0.5) is 0 Å². The Morgan fingerprint density at radius 1 is 1.08 bits per heavy atom. The van der Waals surface area contributed by atoms with Crippen molar-refractivity contribution >= 4 is 10.0 Å². The summed E-state index contributed by atoms with van der Waals surface area (Å²) >= 11 is 0. The molecule has 1 N–H and O–H groups in total. The molecule has 1 aromatic rings. The highest BCUT2D eigenvalue weighted by atomic mass is 32.2. The number of nitrogens with zero attached hydrogens (tertiary/aromatic N) is 1. The highest BCUT2D eigenvalue weighted by Gasteiger charge is 2.17. The zero-order valence-corrected chi connectivity index (χ0v) is 16.4. The van der Waals surface area contributed by atoms with Gasteiger partial charge in [-0.05, 0) is 58.4 Å². The van der Waals surface area contributed by atoms with Crippen LogP contribution in [0.5, 0.6) is 5.75 Å². The van der Waals surface area contributed by atoms with Crippen LogP contribution >= 0.6 is 0 Å². The second-order valence-electron chi connectivity index (χ2n) is 6.50. The van der Waals surface area contributed by atoms with Gasteiger partial charge in [0, 0.05) is 25.2 Å². The van der Waals surface area contributed by atoms with Crippen LogP contribution < -0.4 is 9.46 Å². The summed E-state index contributed by atoms with van der Waals surface area (Å²) in [6, 6.07) is 7.36. The average Bonchev–Trinajstić information content (AvgIpc) is 2.51. The Labute approximate surface area is 147 Å². The van der Waals surface area contributed by atoms with Gasteiger partial charge in [0.1, 0.15) is 5.75 Å². The van der Waals surface area contributed by atoms with Crippen LogP contribution in [0.25, 0.3) is 0 Å². The van der Waals surface area contributed by atoms with Gasteiger partial charge in [-0.1, -0.05) is 13.3 Å². The average molecular weight is 357 g/mol. The Bertz CT molecular complexity index is 560. The molecule has 24 heavy (non-hydrogen) atoms. The molecule has 0 saturated carbocycles. The molecule has 0 aliphatic carbocycles. The van der Waals surface area contributed by atoms with Gasteiger partial charge in [-0.2, -0.15) is 0 Å². The normalized spacial score (nSPS) is 12.3. The van der Waals surface area contributed by atoms with Gasteiger partial charge in [0.25, 0.3) is 0 Å². The first kappa shape index (κ1) is 20.9. The van der Waals surface area contributed by atoms with Gasteiger partial charge >= 0.3 is 0 Å². The molecular formula is C18H32N2O3S. The van der Waals surface area contributed by atoms with Gasteiger partial charge in [-0.15, -0.1) is 0 Å². The molecule has 0 aliphatic heterocycles. The maximum atomic E-state index is 12.4. The third kappa shape index (κ3) is 6.79. The van der Waals surface area contributed by atoms with Crippen LogP contribution in [0.15, 0.2) is 29.2 Å². The minimum Gasteiger partial charge on any atom is -0.494 e. The number of hydrogen-bond acceptors (Lipinski definition) is 4. The van der Waals surface area contributed by atoms with Gasteiger partial charge in [-0.3, -0.25) is 4.90 Å². The van der Waals surface area contributed by atoms with Crippen molar-refractivity contribution < 1.29 is 13.2 Å². The van der Waals surface area contributed by atoms with Gasteiger partial charge in [0.15, 0.2) is 0 Å². The smallest absolute Gasteiger partial charge is 0.240 e. The number of sulfonamides is 1. The molecule has 0 radical (unpaired) electrons. The summed E-state index contributed by atoms with van der Waals surface area (Å²) < 4.78 is 32.9. The van der Waals surface area contributed by atoms with E-state index in [4.69, 9.17) is 4.74 Å². The Morgan fingerprint density at radius 2 is 1.67 bits per heavy atom. The summed E-state index contributed by atoms with van der Waals surface area (Å²) in [5, 5.41) is 0. The lowest BCUT2D eigenvalue weighted by Gasteiger charge is -2.30. The van der Waals surface area contributed by atoms with E-state index in [1.807, 2.05) is 0 Å². The zero-order valence-electron chi connectivity index (χ0n) is 15.6. The number of ether oxygens (including phenoxy) is 1. The van der Waals surface area contributed by atoms with Crippen LogP contribution in [-0.2, 0) is 10.0 Å². The van der Waals surface area contributed by atoms with Crippen molar-refractivity contribution in [1.29, 1.82) is 0 Å². The number of benzene rings is 1. The van der Waals surface area contributed by atoms with E-state index in [1.54, 1.807) is 24.3 Å². The summed E-state index contributed by atoms with van der Waals surface area (Å²) in [6.07, 6.45) is 2.06. The molecule has 138 valence electrons. The number of nitrogens with one attached hydrogen (secondary N) is 1.